The lowest BCUT2D eigenvalue weighted by atomic mass is 10.1. The van der Waals surface area contributed by atoms with E-state index < -0.39 is 16.1 Å². The molecule has 2 atom stereocenters. The predicted molar refractivity (Wildman–Crippen MR) is 79.1 cm³/mol. The molecule has 1 saturated carbocycles. The second kappa shape index (κ2) is 5.89. The largest absolute Gasteiger partial charge is 0.398 e. The van der Waals surface area contributed by atoms with Crippen LogP contribution in [0.25, 0.3) is 0 Å². The zero-order valence-corrected chi connectivity index (χ0v) is 12.8. The van der Waals surface area contributed by atoms with Crippen molar-refractivity contribution in [3.05, 3.63) is 22.7 Å². The van der Waals surface area contributed by atoms with Crippen LogP contribution in [0.2, 0.25) is 5.02 Å². The molecule has 1 fully saturated rings. The first-order valence-corrected chi connectivity index (χ1v) is 8.40. The summed E-state index contributed by atoms with van der Waals surface area (Å²) in [5, 5.41) is 10.0. The van der Waals surface area contributed by atoms with Crippen molar-refractivity contribution in [1.82, 2.24) is 4.72 Å². The van der Waals surface area contributed by atoms with Crippen molar-refractivity contribution < 1.29 is 13.5 Å². The molecule has 0 spiro atoms. The summed E-state index contributed by atoms with van der Waals surface area (Å²) in [6.45, 7) is 1.96. The van der Waals surface area contributed by atoms with Crippen LogP contribution in [-0.2, 0) is 10.0 Å². The summed E-state index contributed by atoms with van der Waals surface area (Å²) in [4.78, 5) is 0.0538. The molecule has 1 aliphatic rings. The lowest BCUT2D eigenvalue weighted by molar-refractivity contribution is 0.134. The van der Waals surface area contributed by atoms with Gasteiger partial charge < -0.3 is 10.8 Å². The van der Waals surface area contributed by atoms with Crippen LogP contribution in [0.15, 0.2) is 17.0 Å². The molecular formula is C13H19ClN2O3S. The van der Waals surface area contributed by atoms with Gasteiger partial charge in [0, 0.05) is 17.3 Å². The Bertz CT molecular complexity index is 581. The minimum absolute atomic E-state index is 0.0250. The highest BCUT2D eigenvalue weighted by Crippen LogP contribution is 2.27. The number of rotatable bonds is 4. The molecule has 1 aromatic rings. The van der Waals surface area contributed by atoms with Gasteiger partial charge in [0.1, 0.15) is 0 Å². The van der Waals surface area contributed by atoms with Crippen molar-refractivity contribution in [2.24, 2.45) is 5.92 Å². The SMILES string of the molecule is Cc1c(N)cc(S(=O)(=O)NCC2CCCC2O)cc1Cl. The van der Waals surface area contributed by atoms with Gasteiger partial charge in [-0.25, -0.2) is 13.1 Å². The van der Waals surface area contributed by atoms with Crippen molar-refractivity contribution in [1.29, 1.82) is 0 Å². The summed E-state index contributed by atoms with van der Waals surface area (Å²) in [7, 11) is -3.66. The Morgan fingerprint density at radius 3 is 2.70 bits per heavy atom. The molecule has 2 rings (SSSR count). The molecule has 1 aliphatic carbocycles. The lowest BCUT2D eigenvalue weighted by Crippen LogP contribution is -2.32. The molecule has 0 radical (unpaired) electrons. The summed E-state index contributed by atoms with van der Waals surface area (Å²) in [5.41, 5.74) is 6.75. The summed E-state index contributed by atoms with van der Waals surface area (Å²) in [6.07, 6.45) is 2.07. The predicted octanol–water partition coefficient (Wildman–Crippen LogP) is 1.67. The molecular weight excluding hydrogens is 300 g/mol. The van der Waals surface area contributed by atoms with Gasteiger partial charge in [0.2, 0.25) is 10.0 Å². The fourth-order valence-electron chi connectivity index (χ4n) is 2.38. The zero-order chi connectivity index (χ0) is 14.9. The maximum Gasteiger partial charge on any atom is 0.240 e. The van der Waals surface area contributed by atoms with Gasteiger partial charge in [-0.3, -0.25) is 0 Å². The molecule has 0 aromatic heterocycles. The normalized spacial score (nSPS) is 23.1. The van der Waals surface area contributed by atoms with Crippen LogP contribution in [0.3, 0.4) is 0 Å². The Hall–Kier alpha value is -0.820. The molecule has 0 bridgehead atoms. The van der Waals surface area contributed by atoms with Crippen LogP contribution in [-0.4, -0.2) is 26.2 Å². The topological polar surface area (TPSA) is 92.4 Å². The first-order chi connectivity index (χ1) is 9.31. The number of hydrogen-bond acceptors (Lipinski definition) is 4. The molecule has 7 heteroatoms. The van der Waals surface area contributed by atoms with Gasteiger partial charge in [-0.05, 0) is 43.4 Å². The molecule has 4 N–H and O–H groups in total. The second-order valence-corrected chi connectivity index (χ2v) is 7.40. The number of aliphatic hydroxyl groups is 1. The lowest BCUT2D eigenvalue weighted by Gasteiger charge is -2.16. The number of nitrogens with two attached hydrogens (primary N) is 1. The van der Waals surface area contributed by atoms with Gasteiger partial charge in [-0.1, -0.05) is 18.0 Å². The molecule has 0 saturated heterocycles. The number of hydrogen-bond donors (Lipinski definition) is 3. The van der Waals surface area contributed by atoms with Gasteiger partial charge in [-0.15, -0.1) is 0 Å². The quantitative estimate of drug-likeness (QED) is 0.736. The van der Waals surface area contributed by atoms with E-state index in [1.165, 1.54) is 12.1 Å². The Balaban J connectivity index is 2.14. The van der Waals surface area contributed by atoms with Crippen LogP contribution in [0.1, 0.15) is 24.8 Å². The van der Waals surface area contributed by atoms with Gasteiger partial charge in [-0.2, -0.15) is 0 Å². The Morgan fingerprint density at radius 2 is 2.15 bits per heavy atom. The smallest absolute Gasteiger partial charge is 0.240 e. The number of nitrogen functional groups attached to an aromatic ring is 1. The average molecular weight is 319 g/mol. The molecule has 5 nitrogen and oxygen atoms in total. The molecule has 20 heavy (non-hydrogen) atoms. The number of benzene rings is 1. The van der Waals surface area contributed by atoms with E-state index >= 15 is 0 Å². The maximum atomic E-state index is 12.2. The van der Waals surface area contributed by atoms with E-state index in [0.29, 0.717) is 16.3 Å². The summed E-state index contributed by atoms with van der Waals surface area (Å²) in [6, 6.07) is 2.79. The van der Waals surface area contributed by atoms with Crippen molar-refractivity contribution in [2.45, 2.75) is 37.2 Å². The van der Waals surface area contributed by atoms with E-state index in [2.05, 4.69) is 4.72 Å². The zero-order valence-electron chi connectivity index (χ0n) is 11.3. The van der Waals surface area contributed by atoms with Crippen LogP contribution in [0.5, 0.6) is 0 Å². The van der Waals surface area contributed by atoms with E-state index in [1.807, 2.05) is 0 Å². The van der Waals surface area contributed by atoms with Crippen LogP contribution >= 0.6 is 11.6 Å². The van der Waals surface area contributed by atoms with Crippen LogP contribution in [0.4, 0.5) is 5.69 Å². The molecule has 0 amide bonds. The number of halogens is 1. The highest BCUT2D eigenvalue weighted by atomic mass is 35.5. The average Bonchev–Trinajstić information content (AvgIpc) is 2.78. The minimum atomic E-state index is -3.66. The summed E-state index contributed by atoms with van der Waals surface area (Å²) < 4.78 is 26.9. The first-order valence-electron chi connectivity index (χ1n) is 6.54. The third-order valence-electron chi connectivity index (χ3n) is 3.82. The first kappa shape index (κ1) is 15.6. The van der Waals surface area contributed by atoms with Crippen LogP contribution in [0, 0.1) is 12.8 Å². The minimum Gasteiger partial charge on any atom is -0.398 e. The van der Waals surface area contributed by atoms with Crippen molar-refractivity contribution in [3.8, 4) is 0 Å². The van der Waals surface area contributed by atoms with E-state index in [0.717, 1.165) is 19.3 Å². The third kappa shape index (κ3) is 3.25. The number of aliphatic hydroxyl groups excluding tert-OH is 1. The van der Waals surface area contributed by atoms with Crippen molar-refractivity contribution in [3.63, 3.8) is 0 Å². The van der Waals surface area contributed by atoms with Gasteiger partial charge in [0.15, 0.2) is 0 Å². The highest BCUT2D eigenvalue weighted by molar-refractivity contribution is 7.89. The van der Waals surface area contributed by atoms with Crippen molar-refractivity contribution >= 4 is 27.3 Å². The Kier molecular flexibility index (Phi) is 4.59. The fraction of sp³-hybridized carbons (Fsp3) is 0.538. The van der Waals surface area contributed by atoms with E-state index in [-0.39, 0.29) is 17.4 Å². The third-order valence-corrected chi connectivity index (χ3v) is 5.62. The van der Waals surface area contributed by atoms with Crippen LogP contribution < -0.4 is 10.5 Å². The van der Waals surface area contributed by atoms with Gasteiger partial charge in [0.25, 0.3) is 0 Å². The van der Waals surface area contributed by atoms with Gasteiger partial charge >= 0.3 is 0 Å². The Morgan fingerprint density at radius 1 is 1.45 bits per heavy atom. The fourth-order valence-corrected chi connectivity index (χ4v) is 3.83. The second-order valence-electron chi connectivity index (χ2n) is 5.23. The van der Waals surface area contributed by atoms with Gasteiger partial charge in [0.05, 0.1) is 11.0 Å². The molecule has 112 valence electrons. The molecule has 1 aromatic carbocycles. The van der Waals surface area contributed by atoms with E-state index in [1.54, 1.807) is 6.92 Å². The van der Waals surface area contributed by atoms with E-state index in [4.69, 9.17) is 17.3 Å². The highest BCUT2D eigenvalue weighted by Gasteiger charge is 2.27. The summed E-state index contributed by atoms with van der Waals surface area (Å²) in [5.74, 6) is -0.0250. The molecule has 2 unspecified atom stereocenters. The standard InChI is InChI=1S/C13H19ClN2O3S/c1-8-11(14)5-10(6-12(8)15)20(18,19)16-7-9-3-2-4-13(9)17/h5-6,9,13,16-17H,2-4,7,15H2,1H3. The Labute approximate surface area is 124 Å². The monoisotopic (exact) mass is 318 g/mol. The molecule has 0 aliphatic heterocycles. The number of sulfonamides is 1. The maximum absolute atomic E-state index is 12.2. The van der Waals surface area contributed by atoms with Crippen molar-refractivity contribution in [2.75, 3.05) is 12.3 Å². The van der Waals surface area contributed by atoms with E-state index in [9.17, 15) is 13.5 Å². The molecule has 0 heterocycles. The number of nitrogens with one attached hydrogen (secondary N) is 1. The number of anilines is 1. The summed E-state index contributed by atoms with van der Waals surface area (Å²) >= 11 is 5.96.